The lowest BCUT2D eigenvalue weighted by Gasteiger charge is -2.22. The molecule has 0 aliphatic heterocycles. The van der Waals surface area contributed by atoms with Gasteiger partial charge in [-0.3, -0.25) is 5.41 Å². The molecular formula is C12H17ClN2. The Hall–Kier alpha value is -1.02. The molecule has 0 amide bonds. The number of rotatable bonds is 3. The van der Waals surface area contributed by atoms with Crippen molar-refractivity contribution in [1.82, 2.24) is 4.90 Å². The molecule has 0 radical (unpaired) electrons. The van der Waals surface area contributed by atoms with Crippen LogP contribution in [0.5, 0.6) is 0 Å². The molecule has 1 aromatic carbocycles. The zero-order valence-corrected chi connectivity index (χ0v) is 10.2. The topological polar surface area (TPSA) is 27.1 Å². The lowest BCUT2D eigenvalue weighted by atomic mass is 10.1. The van der Waals surface area contributed by atoms with Crippen LogP contribution in [0.15, 0.2) is 24.3 Å². The second-order valence-corrected chi connectivity index (χ2v) is 4.39. The van der Waals surface area contributed by atoms with Crippen LogP contribution < -0.4 is 0 Å². The van der Waals surface area contributed by atoms with Gasteiger partial charge in [-0.25, -0.2) is 0 Å². The van der Waals surface area contributed by atoms with E-state index in [0.29, 0.717) is 12.4 Å². The van der Waals surface area contributed by atoms with E-state index in [2.05, 4.69) is 0 Å². The summed E-state index contributed by atoms with van der Waals surface area (Å²) in [6.45, 7) is 4.73. The second kappa shape index (κ2) is 5.17. The van der Waals surface area contributed by atoms with E-state index in [9.17, 15) is 0 Å². The van der Waals surface area contributed by atoms with E-state index in [1.807, 2.05) is 50.1 Å². The van der Waals surface area contributed by atoms with E-state index < -0.39 is 0 Å². The molecule has 0 saturated carbocycles. The van der Waals surface area contributed by atoms with Gasteiger partial charge >= 0.3 is 0 Å². The maximum atomic E-state index is 7.85. The van der Waals surface area contributed by atoms with E-state index in [1.54, 1.807) is 0 Å². The molecule has 82 valence electrons. The van der Waals surface area contributed by atoms with Gasteiger partial charge in [0.2, 0.25) is 0 Å². The van der Waals surface area contributed by atoms with Crippen LogP contribution in [-0.2, 0) is 6.54 Å². The van der Waals surface area contributed by atoms with Crippen molar-refractivity contribution >= 4 is 17.4 Å². The van der Waals surface area contributed by atoms with Gasteiger partial charge < -0.3 is 4.90 Å². The van der Waals surface area contributed by atoms with Crippen LogP contribution in [-0.4, -0.2) is 17.8 Å². The summed E-state index contributed by atoms with van der Waals surface area (Å²) in [4.78, 5) is 1.92. The molecule has 15 heavy (non-hydrogen) atoms. The fourth-order valence-electron chi connectivity index (χ4n) is 1.41. The standard InChI is InChI=1S/C12H17ClN2/c1-9(2)12(14)15(3)8-10-6-4-5-7-11(10)13/h4-7,9,14H,8H2,1-3H3. The first-order valence-corrected chi connectivity index (χ1v) is 5.43. The van der Waals surface area contributed by atoms with E-state index in [-0.39, 0.29) is 5.92 Å². The average Bonchev–Trinajstić information content (AvgIpc) is 2.20. The van der Waals surface area contributed by atoms with Crippen molar-refractivity contribution in [2.75, 3.05) is 7.05 Å². The third-order valence-electron chi connectivity index (χ3n) is 2.32. The van der Waals surface area contributed by atoms with Gasteiger partial charge in [-0.1, -0.05) is 43.6 Å². The summed E-state index contributed by atoms with van der Waals surface area (Å²) < 4.78 is 0. The van der Waals surface area contributed by atoms with E-state index >= 15 is 0 Å². The van der Waals surface area contributed by atoms with E-state index in [0.717, 1.165) is 10.6 Å². The second-order valence-electron chi connectivity index (χ2n) is 3.99. The normalized spacial score (nSPS) is 10.5. The van der Waals surface area contributed by atoms with Crippen LogP contribution in [0.25, 0.3) is 0 Å². The Morgan fingerprint density at radius 1 is 1.40 bits per heavy atom. The number of amidine groups is 1. The summed E-state index contributed by atoms with van der Waals surface area (Å²) in [5.41, 5.74) is 1.06. The fourth-order valence-corrected chi connectivity index (χ4v) is 1.60. The van der Waals surface area contributed by atoms with Gasteiger partial charge in [-0.05, 0) is 11.6 Å². The highest BCUT2D eigenvalue weighted by Crippen LogP contribution is 2.17. The minimum atomic E-state index is 0.248. The van der Waals surface area contributed by atoms with Crippen molar-refractivity contribution in [2.45, 2.75) is 20.4 Å². The summed E-state index contributed by atoms with van der Waals surface area (Å²) in [6, 6.07) is 7.75. The Morgan fingerprint density at radius 2 is 2.00 bits per heavy atom. The summed E-state index contributed by atoms with van der Waals surface area (Å²) >= 11 is 6.06. The first-order chi connectivity index (χ1) is 7.02. The van der Waals surface area contributed by atoms with Crippen molar-refractivity contribution in [3.05, 3.63) is 34.9 Å². The maximum Gasteiger partial charge on any atom is 0.0984 e. The van der Waals surface area contributed by atoms with Crippen molar-refractivity contribution < 1.29 is 0 Å². The third-order valence-corrected chi connectivity index (χ3v) is 2.69. The number of nitrogens with zero attached hydrogens (tertiary/aromatic N) is 1. The molecule has 0 aromatic heterocycles. The van der Waals surface area contributed by atoms with Crippen LogP contribution in [0, 0.1) is 11.3 Å². The molecule has 1 N–H and O–H groups in total. The predicted molar refractivity (Wildman–Crippen MR) is 65.5 cm³/mol. The van der Waals surface area contributed by atoms with Gasteiger partial charge in [-0.15, -0.1) is 0 Å². The fraction of sp³-hybridized carbons (Fsp3) is 0.417. The smallest absolute Gasteiger partial charge is 0.0984 e. The lowest BCUT2D eigenvalue weighted by molar-refractivity contribution is 0.468. The van der Waals surface area contributed by atoms with E-state index in [1.165, 1.54) is 0 Å². The Morgan fingerprint density at radius 3 is 2.53 bits per heavy atom. The molecule has 0 heterocycles. The van der Waals surface area contributed by atoms with Gasteiger partial charge in [0.1, 0.15) is 0 Å². The Labute approximate surface area is 96.4 Å². The molecule has 0 spiro atoms. The molecule has 1 aromatic rings. The Kier molecular flexibility index (Phi) is 4.15. The summed E-state index contributed by atoms with van der Waals surface area (Å²) in [5, 5.41) is 8.62. The molecule has 3 heteroatoms. The molecule has 0 unspecified atom stereocenters. The van der Waals surface area contributed by atoms with Crippen molar-refractivity contribution in [3.63, 3.8) is 0 Å². The highest BCUT2D eigenvalue weighted by Gasteiger charge is 2.10. The minimum Gasteiger partial charge on any atom is -0.359 e. The number of nitrogens with one attached hydrogen (secondary N) is 1. The molecule has 0 saturated heterocycles. The number of benzene rings is 1. The molecule has 1 rings (SSSR count). The number of hydrogen-bond acceptors (Lipinski definition) is 1. The average molecular weight is 225 g/mol. The zero-order valence-electron chi connectivity index (χ0n) is 9.42. The molecule has 0 fully saturated rings. The van der Waals surface area contributed by atoms with Crippen LogP contribution in [0.1, 0.15) is 19.4 Å². The minimum absolute atomic E-state index is 0.248. The van der Waals surface area contributed by atoms with Crippen molar-refractivity contribution in [3.8, 4) is 0 Å². The number of halogens is 1. The maximum absolute atomic E-state index is 7.85. The molecular weight excluding hydrogens is 208 g/mol. The van der Waals surface area contributed by atoms with Crippen molar-refractivity contribution in [1.29, 1.82) is 5.41 Å². The first kappa shape index (κ1) is 12.1. The van der Waals surface area contributed by atoms with Crippen LogP contribution in [0.3, 0.4) is 0 Å². The highest BCUT2D eigenvalue weighted by molar-refractivity contribution is 6.31. The molecule has 0 aliphatic rings. The predicted octanol–water partition coefficient (Wildman–Crippen LogP) is 3.41. The first-order valence-electron chi connectivity index (χ1n) is 5.05. The summed E-state index contributed by atoms with van der Waals surface area (Å²) in [5.74, 6) is 0.882. The summed E-state index contributed by atoms with van der Waals surface area (Å²) in [6.07, 6.45) is 0. The van der Waals surface area contributed by atoms with Gasteiger partial charge in [0.25, 0.3) is 0 Å². The van der Waals surface area contributed by atoms with Crippen LogP contribution >= 0.6 is 11.6 Å². The summed E-state index contributed by atoms with van der Waals surface area (Å²) in [7, 11) is 1.92. The molecule has 2 nitrogen and oxygen atoms in total. The van der Waals surface area contributed by atoms with Crippen molar-refractivity contribution in [2.24, 2.45) is 5.92 Å². The quantitative estimate of drug-likeness (QED) is 0.618. The van der Waals surface area contributed by atoms with Gasteiger partial charge in [-0.2, -0.15) is 0 Å². The van der Waals surface area contributed by atoms with Crippen LogP contribution in [0.4, 0.5) is 0 Å². The SMILES string of the molecule is CC(C)C(=N)N(C)Cc1ccccc1Cl. The Balaban J connectivity index is 2.71. The third kappa shape index (κ3) is 3.24. The monoisotopic (exact) mass is 224 g/mol. The molecule has 0 bridgehead atoms. The number of hydrogen-bond donors (Lipinski definition) is 1. The lowest BCUT2D eigenvalue weighted by Crippen LogP contribution is -2.29. The van der Waals surface area contributed by atoms with Crippen LogP contribution in [0.2, 0.25) is 5.02 Å². The van der Waals surface area contributed by atoms with E-state index in [4.69, 9.17) is 17.0 Å². The van der Waals surface area contributed by atoms with Gasteiger partial charge in [0.05, 0.1) is 5.84 Å². The zero-order chi connectivity index (χ0) is 11.4. The van der Waals surface area contributed by atoms with Gasteiger partial charge in [0, 0.05) is 24.5 Å². The van der Waals surface area contributed by atoms with Gasteiger partial charge in [0.15, 0.2) is 0 Å². The molecule has 0 atom stereocenters. The Bertz CT molecular complexity index is 347. The highest BCUT2D eigenvalue weighted by atomic mass is 35.5. The largest absolute Gasteiger partial charge is 0.359 e. The molecule has 0 aliphatic carbocycles.